The van der Waals surface area contributed by atoms with E-state index in [1.54, 1.807) is 0 Å². The van der Waals surface area contributed by atoms with Crippen LogP contribution in [-0.2, 0) is 13.0 Å². The number of nitrogens with two attached hydrogens (primary N) is 1. The molecule has 1 aromatic rings. The van der Waals surface area contributed by atoms with Crippen LogP contribution in [0.2, 0.25) is 0 Å². The molecule has 0 spiro atoms. The summed E-state index contributed by atoms with van der Waals surface area (Å²) in [7, 11) is 2.11. The van der Waals surface area contributed by atoms with Crippen molar-refractivity contribution in [1.82, 2.24) is 14.9 Å². The molecule has 2 rings (SSSR count). The predicted octanol–water partition coefficient (Wildman–Crippen LogP) is 0.484. The summed E-state index contributed by atoms with van der Waals surface area (Å²) < 4.78 is 0. The van der Waals surface area contributed by atoms with Gasteiger partial charge in [0.15, 0.2) is 0 Å². The van der Waals surface area contributed by atoms with Crippen molar-refractivity contribution < 1.29 is 0 Å². The lowest BCUT2D eigenvalue weighted by Crippen LogP contribution is -2.28. The average Bonchev–Trinajstić information content (AvgIpc) is 2.16. The van der Waals surface area contributed by atoms with Gasteiger partial charge in [-0.2, -0.15) is 0 Å². The Morgan fingerprint density at radius 3 is 3.07 bits per heavy atom. The van der Waals surface area contributed by atoms with Gasteiger partial charge in [0.05, 0.1) is 11.7 Å². The van der Waals surface area contributed by atoms with E-state index in [9.17, 15) is 0 Å². The molecule has 1 atom stereocenters. The van der Waals surface area contributed by atoms with Crippen molar-refractivity contribution >= 4 is 0 Å². The minimum absolute atomic E-state index is 0.0764. The molecule has 1 aliphatic rings. The highest BCUT2D eigenvalue weighted by Crippen LogP contribution is 2.16. The molecule has 0 amide bonds. The molecule has 0 fully saturated rings. The largest absolute Gasteiger partial charge is 0.322 e. The molecular weight excluding hydrogens is 176 g/mol. The Hall–Kier alpha value is -1.00. The third-order valence-corrected chi connectivity index (χ3v) is 2.56. The molecule has 2 heterocycles. The molecule has 0 aromatic carbocycles. The Bertz CT molecular complexity index is 335. The normalized spacial score (nSPS) is 19.1. The van der Waals surface area contributed by atoms with Crippen LogP contribution < -0.4 is 5.73 Å². The number of likely N-dealkylation sites (N-methyl/N-ethyl adjacent to an activating group) is 1. The summed E-state index contributed by atoms with van der Waals surface area (Å²) in [5, 5.41) is 0. The maximum absolute atomic E-state index is 5.74. The zero-order chi connectivity index (χ0) is 10.1. The summed E-state index contributed by atoms with van der Waals surface area (Å²) in [6, 6.07) is -0.0764. The van der Waals surface area contributed by atoms with E-state index in [-0.39, 0.29) is 6.04 Å². The van der Waals surface area contributed by atoms with Gasteiger partial charge in [-0.25, -0.2) is 9.97 Å². The van der Waals surface area contributed by atoms with Gasteiger partial charge in [0.2, 0.25) is 0 Å². The van der Waals surface area contributed by atoms with Crippen LogP contribution in [0, 0.1) is 0 Å². The molecule has 2 N–H and O–H groups in total. The summed E-state index contributed by atoms with van der Waals surface area (Å²) in [4.78, 5) is 11.0. The fourth-order valence-corrected chi connectivity index (χ4v) is 1.67. The molecule has 4 heteroatoms. The maximum Gasteiger partial charge on any atom is 0.144 e. The van der Waals surface area contributed by atoms with E-state index in [1.165, 1.54) is 5.56 Å². The van der Waals surface area contributed by atoms with Crippen molar-refractivity contribution in [1.29, 1.82) is 0 Å². The Labute approximate surface area is 84.2 Å². The molecule has 14 heavy (non-hydrogen) atoms. The van der Waals surface area contributed by atoms with Crippen LogP contribution in [-0.4, -0.2) is 28.5 Å². The van der Waals surface area contributed by atoms with E-state index in [0.717, 1.165) is 31.0 Å². The van der Waals surface area contributed by atoms with Crippen molar-refractivity contribution in [2.45, 2.75) is 25.9 Å². The number of hydrogen-bond acceptors (Lipinski definition) is 4. The van der Waals surface area contributed by atoms with Crippen molar-refractivity contribution in [2.75, 3.05) is 13.6 Å². The zero-order valence-corrected chi connectivity index (χ0v) is 8.70. The summed E-state index contributed by atoms with van der Waals surface area (Å²) in [6.07, 6.45) is 2.97. The van der Waals surface area contributed by atoms with Crippen molar-refractivity contribution in [2.24, 2.45) is 5.73 Å². The molecule has 1 aliphatic heterocycles. The molecule has 1 aromatic heterocycles. The van der Waals surface area contributed by atoms with Crippen molar-refractivity contribution in [3.8, 4) is 0 Å². The SMILES string of the molecule is CC(N)c1ncc2c(n1)CN(C)CC2. The van der Waals surface area contributed by atoms with Gasteiger partial charge in [0.1, 0.15) is 5.82 Å². The van der Waals surface area contributed by atoms with Crippen molar-refractivity contribution in [3.63, 3.8) is 0 Å². The Morgan fingerprint density at radius 2 is 2.36 bits per heavy atom. The molecule has 1 unspecified atom stereocenters. The molecule has 76 valence electrons. The highest BCUT2D eigenvalue weighted by molar-refractivity contribution is 5.20. The first-order valence-corrected chi connectivity index (χ1v) is 4.95. The number of hydrogen-bond donors (Lipinski definition) is 1. The summed E-state index contributed by atoms with van der Waals surface area (Å²) in [6.45, 7) is 3.92. The second-order valence-electron chi connectivity index (χ2n) is 3.98. The van der Waals surface area contributed by atoms with Crippen LogP contribution >= 0.6 is 0 Å². The lowest BCUT2D eigenvalue weighted by Gasteiger charge is -2.24. The minimum atomic E-state index is -0.0764. The highest BCUT2D eigenvalue weighted by Gasteiger charge is 2.16. The van der Waals surface area contributed by atoms with Crippen LogP contribution in [0.25, 0.3) is 0 Å². The van der Waals surface area contributed by atoms with Crippen LogP contribution in [0.4, 0.5) is 0 Å². The molecular formula is C10H16N4. The number of aromatic nitrogens is 2. The number of fused-ring (bicyclic) bond motifs is 1. The average molecular weight is 192 g/mol. The first-order chi connectivity index (χ1) is 6.66. The molecule has 0 saturated heterocycles. The third-order valence-electron chi connectivity index (χ3n) is 2.56. The smallest absolute Gasteiger partial charge is 0.144 e. The Balaban J connectivity index is 2.33. The summed E-state index contributed by atoms with van der Waals surface area (Å²) >= 11 is 0. The zero-order valence-electron chi connectivity index (χ0n) is 8.70. The fourth-order valence-electron chi connectivity index (χ4n) is 1.67. The van der Waals surface area contributed by atoms with Gasteiger partial charge < -0.3 is 10.6 Å². The van der Waals surface area contributed by atoms with Gasteiger partial charge in [-0.1, -0.05) is 0 Å². The van der Waals surface area contributed by atoms with E-state index in [4.69, 9.17) is 5.73 Å². The van der Waals surface area contributed by atoms with Crippen LogP contribution in [0.15, 0.2) is 6.20 Å². The Morgan fingerprint density at radius 1 is 1.57 bits per heavy atom. The van der Waals surface area contributed by atoms with Gasteiger partial charge in [-0.05, 0) is 26.0 Å². The second-order valence-corrected chi connectivity index (χ2v) is 3.98. The van der Waals surface area contributed by atoms with E-state index >= 15 is 0 Å². The van der Waals surface area contributed by atoms with Crippen LogP contribution in [0.3, 0.4) is 0 Å². The standard InChI is InChI=1S/C10H16N4/c1-7(11)10-12-5-8-3-4-14(2)6-9(8)13-10/h5,7H,3-4,6,11H2,1-2H3. The first-order valence-electron chi connectivity index (χ1n) is 4.95. The number of rotatable bonds is 1. The topological polar surface area (TPSA) is 55.0 Å². The minimum Gasteiger partial charge on any atom is -0.322 e. The maximum atomic E-state index is 5.74. The molecule has 0 radical (unpaired) electrons. The lowest BCUT2D eigenvalue weighted by atomic mass is 10.1. The van der Waals surface area contributed by atoms with Crippen molar-refractivity contribution in [3.05, 3.63) is 23.3 Å². The molecule has 0 saturated carbocycles. The van der Waals surface area contributed by atoms with Gasteiger partial charge in [0, 0.05) is 19.3 Å². The highest BCUT2D eigenvalue weighted by atomic mass is 15.1. The second kappa shape index (κ2) is 3.63. The Kier molecular flexibility index (Phi) is 2.48. The predicted molar refractivity (Wildman–Crippen MR) is 54.7 cm³/mol. The van der Waals surface area contributed by atoms with Crippen LogP contribution in [0.5, 0.6) is 0 Å². The monoisotopic (exact) mass is 192 g/mol. The third kappa shape index (κ3) is 1.76. The lowest BCUT2D eigenvalue weighted by molar-refractivity contribution is 0.306. The molecule has 0 aliphatic carbocycles. The summed E-state index contributed by atoms with van der Waals surface area (Å²) in [5.41, 5.74) is 8.15. The quantitative estimate of drug-likeness (QED) is 0.703. The molecule has 0 bridgehead atoms. The van der Waals surface area contributed by atoms with E-state index in [0.29, 0.717) is 0 Å². The first kappa shape index (κ1) is 9.55. The number of nitrogens with zero attached hydrogens (tertiary/aromatic N) is 3. The molecule has 4 nitrogen and oxygen atoms in total. The van der Waals surface area contributed by atoms with E-state index in [2.05, 4.69) is 21.9 Å². The fraction of sp³-hybridized carbons (Fsp3) is 0.600. The van der Waals surface area contributed by atoms with Gasteiger partial charge in [-0.15, -0.1) is 0 Å². The van der Waals surface area contributed by atoms with Gasteiger partial charge in [-0.3, -0.25) is 0 Å². The van der Waals surface area contributed by atoms with Crippen LogP contribution in [0.1, 0.15) is 30.0 Å². The summed E-state index contributed by atoms with van der Waals surface area (Å²) in [5.74, 6) is 0.749. The van der Waals surface area contributed by atoms with Gasteiger partial charge in [0.25, 0.3) is 0 Å². The van der Waals surface area contributed by atoms with E-state index < -0.39 is 0 Å². The van der Waals surface area contributed by atoms with Gasteiger partial charge >= 0.3 is 0 Å². The van der Waals surface area contributed by atoms with E-state index in [1.807, 2.05) is 13.1 Å².